The number of benzene rings is 1. The van der Waals surface area contributed by atoms with Crippen LogP contribution in [-0.2, 0) is 0 Å². The zero-order valence-electron chi connectivity index (χ0n) is 10.1. The summed E-state index contributed by atoms with van der Waals surface area (Å²) in [5.41, 5.74) is 5.92. The van der Waals surface area contributed by atoms with E-state index >= 15 is 0 Å². The minimum atomic E-state index is -1.17. The fourth-order valence-corrected chi connectivity index (χ4v) is 1.59. The normalized spacial score (nSPS) is 10.2. The third-order valence-electron chi connectivity index (χ3n) is 2.49. The number of carboxylic acid groups (broad SMARTS) is 1. The lowest BCUT2D eigenvalue weighted by molar-refractivity contribution is 0.0698. The number of furan rings is 1. The van der Waals surface area contributed by atoms with Crippen LogP contribution in [0.3, 0.4) is 0 Å². The van der Waals surface area contributed by atoms with Crippen molar-refractivity contribution in [3.8, 4) is 0 Å². The van der Waals surface area contributed by atoms with Crippen LogP contribution in [-0.4, -0.2) is 17.0 Å². The molecule has 0 saturated heterocycles. The number of hydrogen-bond acceptors (Lipinski definition) is 4. The first-order chi connectivity index (χ1) is 8.97. The van der Waals surface area contributed by atoms with E-state index < -0.39 is 11.9 Å². The SMILES string of the molecule is Cc1ccc(C(=O)Nc2ccc(N)cc2C(=O)O)o1. The highest BCUT2D eigenvalue weighted by molar-refractivity contribution is 6.06. The summed E-state index contributed by atoms with van der Waals surface area (Å²) in [7, 11) is 0. The predicted octanol–water partition coefficient (Wildman–Crippen LogP) is 2.12. The zero-order chi connectivity index (χ0) is 14.0. The number of nitrogens with one attached hydrogen (secondary N) is 1. The zero-order valence-corrected chi connectivity index (χ0v) is 10.1. The van der Waals surface area contributed by atoms with Gasteiger partial charge in [-0.2, -0.15) is 0 Å². The van der Waals surface area contributed by atoms with Gasteiger partial charge in [0.1, 0.15) is 5.76 Å². The first-order valence-corrected chi connectivity index (χ1v) is 5.48. The summed E-state index contributed by atoms with van der Waals surface area (Å²) in [5.74, 6) is -0.967. The fourth-order valence-electron chi connectivity index (χ4n) is 1.59. The molecule has 0 saturated carbocycles. The molecule has 0 unspecified atom stereocenters. The van der Waals surface area contributed by atoms with Gasteiger partial charge in [-0.15, -0.1) is 0 Å². The van der Waals surface area contributed by atoms with Crippen LogP contribution in [0.25, 0.3) is 0 Å². The molecule has 1 amide bonds. The third-order valence-corrected chi connectivity index (χ3v) is 2.49. The Labute approximate surface area is 108 Å². The number of hydrogen-bond donors (Lipinski definition) is 3. The first-order valence-electron chi connectivity index (χ1n) is 5.48. The lowest BCUT2D eigenvalue weighted by Gasteiger charge is -2.07. The van der Waals surface area contributed by atoms with E-state index in [-0.39, 0.29) is 17.0 Å². The van der Waals surface area contributed by atoms with E-state index in [0.717, 1.165) is 0 Å². The average Bonchev–Trinajstić information content (AvgIpc) is 2.78. The molecule has 0 aliphatic rings. The number of nitrogens with two attached hydrogens (primary N) is 1. The van der Waals surface area contributed by atoms with Gasteiger partial charge in [-0.3, -0.25) is 4.79 Å². The number of carboxylic acids is 1. The Morgan fingerprint density at radius 2 is 2.00 bits per heavy atom. The molecule has 0 aliphatic heterocycles. The average molecular weight is 260 g/mol. The smallest absolute Gasteiger partial charge is 0.337 e. The van der Waals surface area contributed by atoms with Crippen molar-refractivity contribution in [2.24, 2.45) is 0 Å². The van der Waals surface area contributed by atoms with Crippen molar-refractivity contribution in [1.82, 2.24) is 0 Å². The maximum absolute atomic E-state index is 11.9. The van der Waals surface area contributed by atoms with Crippen LogP contribution in [0.5, 0.6) is 0 Å². The Kier molecular flexibility index (Phi) is 3.24. The maximum Gasteiger partial charge on any atom is 0.337 e. The molecule has 0 bridgehead atoms. The van der Waals surface area contributed by atoms with Crippen LogP contribution in [0.2, 0.25) is 0 Å². The van der Waals surface area contributed by atoms with E-state index in [2.05, 4.69) is 5.32 Å². The highest BCUT2D eigenvalue weighted by Crippen LogP contribution is 2.20. The van der Waals surface area contributed by atoms with Crippen molar-refractivity contribution >= 4 is 23.3 Å². The molecule has 4 N–H and O–H groups in total. The molecular weight excluding hydrogens is 248 g/mol. The van der Waals surface area contributed by atoms with E-state index in [4.69, 9.17) is 15.3 Å². The molecular formula is C13H12N2O4. The summed E-state index contributed by atoms with van der Waals surface area (Å²) in [5, 5.41) is 11.5. The number of carbonyl (C=O) groups excluding carboxylic acids is 1. The van der Waals surface area contributed by atoms with Crippen molar-refractivity contribution in [1.29, 1.82) is 0 Å². The van der Waals surface area contributed by atoms with Crippen molar-refractivity contribution in [3.05, 3.63) is 47.4 Å². The number of aromatic carboxylic acids is 1. The number of aryl methyl sites for hydroxylation is 1. The van der Waals surface area contributed by atoms with E-state index in [1.165, 1.54) is 24.3 Å². The summed E-state index contributed by atoms with van der Waals surface area (Å²) in [6, 6.07) is 7.39. The quantitative estimate of drug-likeness (QED) is 0.733. The van der Waals surface area contributed by atoms with E-state index in [0.29, 0.717) is 11.4 Å². The molecule has 1 heterocycles. The Morgan fingerprint density at radius 1 is 1.26 bits per heavy atom. The summed E-state index contributed by atoms with van der Waals surface area (Å²) >= 11 is 0. The van der Waals surface area contributed by atoms with Crippen LogP contribution < -0.4 is 11.1 Å². The number of rotatable bonds is 3. The van der Waals surface area contributed by atoms with Gasteiger partial charge in [0, 0.05) is 5.69 Å². The standard InChI is InChI=1S/C13H12N2O4/c1-7-2-5-11(19-7)12(16)15-10-4-3-8(14)6-9(10)13(17)18/h2-6H,14H2,1H3,(H,15,16)(H,17,18). The van der Waals surface area contributed by atoms with Gasteiger partial charge in [-0.05, 0) is 37.3 Å². The number of anilines is 2. The summed E-state index contributed by atoms with van der Waals surface area (Å²) in [4.78, 5) is 22.9. The first kappa shape index (κ1) is 12.7. The van der Waals surface area contributed by atoms with E-state index in [9.17, 15) is 9.59 Å². The number of carbonyl (C=O) groups is 2. The molecule has 6 nitrogen and oxygen atoms in total. The van der Waals surface area contributed by atoms with Crippen molar-refractivity contribution in [2.75, 3.05) is 11.1 Å². The van der Waals surface area contributed by atoms with Gasteiger partial charge >= 0.3 is 5.97 Å². The second-order valence-electron chi connectivity index (χ2n) is 3.97. The summed E-state index contributed by atoms with van der Waals surface area (Å²) in [6.07, 6.45) is 0. The van der Waals surface area contributed by atoms with E-state index in [1.807, 2.05) is 0 Å². The van der Waals surface area contributed by atoms with Gasteiger partial charge < -0.3 is 20.6 Å². The second-order valence-corrected chi connectivity index (χ2v) is 3.97. The van der Waals surface area contributed by atoms with Crippen molar-refractivity contribution < 1.29 is 19.1 Å². The van der Waals surface area contributed by atoms with Gasteiger partial charge in [0.2, 0.25) is 0 Å². The lowest BCUT2D eigenvalue weighted by Crippen LogP contribution is -2.14. The van der Waals surface area contributed by atoms with Crippen LogP contribution >= 0.6 is 0 Å². The van der Waals surface area contributed by atoms with Crippen molar-refractivity contribution in [2.45, 2.75) is 6.92 Å². The molecule has 2 aromatic rings. The molecule has 0 fully saturated rings. The molecule has 6 heteroatoms. The van der Waals surface area contributed by atoms with Gasteiger partial charge in [0.25, 0.3) is 5.91 Å². The fraction of sp³-hybridized carbons (Fsp3) is 0.0769. The molecule has 98 valence electrons. The largest absolute Gasteiger partial charge is 0.478 e. The minimum absolute atomic E-state index is 0.0726. The van der Waals surface area contributed by atoms with E-state index in [1.54, 1.807) is 13.0 Å². The monoisotopic (exact) mass is 260 g/mol. The Bertz CT molecular complexity index is 646. The Balaban J connectivity index is 2.28. The number of nitrogen functional groups attached to an aromatic ring is 1. The molecule has 19 heavy (non-hydrogen) atoms. The predicted molar refractivity (Wildman–Crippen MR) is 69.2 cm³/mol. The topological polar surface area (TPSA) is 106 Å². The van der Waals surface area contributed by atoms with Gasteiger partial charge in [0.15, 0.2) is 5.76 Å². The molecule has 1 aromatic carbocycles. The van der Waals surface area contributed by atoms with Crippen LogP contribution in [0.15, 0.2) is 34.7 Å². The molecule has 1 aromatic heterocycles. The summed E-state index contributed by atoms with van der Waals surface area (Å²) in [6.45, 7) is 1.71. The summed E-state index contributed by atoms with van der Waals surface area (Å²) < 4.78 is 5.16. The number of amides is 1. The van der Waals surface area contributed by atoms with Crippen molar-refractivity contribution in [3.63, 3.8) is 0 Å². The highest BCUT2D eigenvalue weighted by Gasteiger charge is 2.15. The van der Waals surface area contributed by atoms with Crippen LogP contribution in [0, 0.1) is 6.92 Å². The van der Waals surface area contributed by atoms with Gasteiger partial charge in [0.05, 0.1) is 11.3 Å². The third kappa shape index (κ3) is 2.74. The maximum atomic E-state index is 11.9. The van der Waals surface area contributed by atoms with Gasteiger partial charge in [-0.25, -0.2) is 4.79 Å². The van der Waals surface area contributed by atoms with Crippen LogP contribution in [0.4, 0.5) is 11.4 Å². The Morgan fingerprint density at radius 3 is 2.58 bits per heavy atom. The molecule has 2 rings (SSSR count). The molecule has 0 aliphatic carbocycles. The molecule has 0 atom stereocenters. The molecule has 0 spiro atoms. The van der Waals surface area contributed by atoms with Crippen LogP contribution in [0.1, 0.15) is 26.7 Å². The lowest BCUT2D eigenvalue weighted by atomic mass is 10.1. The highest BCUT2D eigenvalue weighted by atomic mass is 16.4. The Hall–Kier alpha value is -2.76. The molecule has 0 radical (unpaired) electrons. The minimum Gasteiger partial charge on any atom is -0.478 e. The second kappa shape index (κ2) is 4.85. The van der Waals surface area contributed by atoms with Gasteiger partial charge in [-0.1, -0.05) is 0 Å².